The van der Waals surface area contributed by atoms with Crippen molar-refractivity contribution < 1.29 is 18.8 Å². The minimum Gasteiger partial charge on any atom is -0.326 e. The highest BCUT2D eigenvalue weighted by molar-refractivity contribution is 6.31. The highest BCUT2D eigenvalue weighted by atomic mass is 35.5. The summed E-state index contributed by atoms with van der Waals surface area (Å²) in [7, 11) is 0. The average molecular weight is 353 g/mol. The molecule has 2 fully saturated rings. The largest absolute Gasteiger partial charge is 0.326 e. The smallest absolute Gasteiger partial charge is 0.233 e. The molecule has 128 valence electrons. The van der Waals surface area contributed by atoms with Crippen LogP contribution in [0.15, 0.2) is 18.2 Å². The fourth-order valence-corrected chi connectivity index (χ4v) is 3.64. The first-order valence-electron chi connectivity index (χ1n) is 8.07. The summed E-state index contributed by atoms with van der Waals surface area (Å²) in [6.07, 6.45) is 3.46. The van der Waals surface area contributed by atoms with E-state index < -0.39 is 5.82 Å². The first-order valence-corrected chi connectivity index (χ1v) is 8.45. The lowest BCUT2D eigenvalue weighted by atomic mass is 9.81. The van der Waals surface area contributed by atoms with E-state index in [-0.39, 0.29) is 47.5 Å². The van der Waals surface area contributed by atoms with Gasteiger partial charge in [-0.3, -0.25) is 19.3 Å². The van der Waals surface area contributed by atoms with Crippen LogP contribution in [0.3, 0.4) is 0 Å². The number of amides is 3. The van der Waals surface area contributed by atoms with Crippen molar-refractivity contribution in [1.29, 1.82) is 0 Å². The molecule has 2 aliphatic rings. The fourth-order valence-electron chi connectivity index (χ4n) is 3.46. The maximum atomic E-state index is 13.1. The Morgan fingerprint density at radius 1 is 1.21 bits per heavy atom. The van der Waals surface area contributed by atoms with E-state index in [9.17, 15) is 18.8 Å². The highest BCUT2D eigenvalue weighted by Gasteiger charge is 2.47. The van der Waals surface area contributed by atoms with Crippen LogP contribution in [0.4, 0.5) is 10.1 Å². The van der Waals surface area contributed by atoms with Gasteiger partial charge in [0.05, 0.1) is 16.9 Å². The number of likely N-dealkylation sites (tertiary alicyclic amines) is 1. The molecular weight excluding hydrogens is 335 g/mol. The Morgan fingerprint density at radius 3 is 2.42 bits per heavy atom. The van der Waals surface area contributed by atoms with Gasteiger partial charge in [0.2, 0.25) is 17.7 Å². The Labute approximate surface area is 144 Å². The van der Waals surface area contributed by atoms with Crippen molar-refractivity contribution in [3.63, 3.8) is 0 Å². The first-order chi connectivity index (χ1) is 11.5. The molecule has 0 unspecified atom stereocenters. The lowest BCUT2D eigenvalue weighted by Crippen LogP contribution is -2.34. The lowest BCUT2D eigenvalue weighted by Gasteiger charge is -2.19. The number of carbonyl (C=O) groups is 3. The second-order valence-electron chi connectivity index (χ2n) is 6.25. The minimum absolute atomic E-state index is 0.00587. The summed E-state index contributed by atoms with van der Waals surface area (Å²) in [5.74, 6) is -1.63. The summed E-state index contributed by atoms with van der Waals surface area (Å²) in [6, 6.07) is 3.88. The molecule has 0 bridgehead atoms. The molecule has 1 aromatic rings. The number of hydrogen-bond acceptors (Lipinski definition) is 3. The van der Waals surface area contributed by atoms with Crippen LogP contribution in [0.2, 0.25) is 5.02 Å². The molecule has 1 aliphatic carbocycles. The number of nitrogens with zero attached hydrogens (tertiary/aromatic N) is 1. The van der Waals surface area contributed by atoms with Gasteiger partial charge in [-0.2, -0.15) is 0 Å². The lowest BCUT2D eigenvalue weighted by molar-refractivity contribution is -0.140. The maximum absolute atomic E-state index is 13.1. The van der Waals surface area contributed by atoms with Crippen molar-refractivity contribution in [2.75, 3.05) is 11.9 Å². The fraction of sp³-hybridized carbons (Fsp3) is 0.471. The summed E-state index contributed by atoms with van der Waals surface area (Å²) >= 11 is 5.66. The Kier molecular flexibility index (Phi) is 4.85. The molecule has 1 saturated heterocycles. The number of nitrogens with one attached hydrogen (secondary N) is 1. The number of hydrogen-bond donors (Lipinski definition) is 1. The number of imide groups is 1. The zero-order valence-electron chi connectivity index (χ0n) is 13.1. The molecule has 1 aliphatic heterocycles. The van der Waals surface area contributed by atoms with E-state index >= 15 is 0 Å². The Hall–Kier alpha value is -1.95. The predicted molar refractivity (Wildman–Crippen MR) is 86.8 cm³/mol. The number of anilines is 1. The summed E-state index contributed by atoms with van der Waals surface area (Å²) in [4.78, 5) is 37.9. The van der Waals surface area contributed by atoms with E-state index in [0.29, 0.717) is 5.69 Å². The molecule has 1 saturated carbocycles. The summed E-state index contributed by atoms with van der Waals surface area (Å²) in [5, 5.41) is 2.51. The quantitative estimate of drug-likeness (QED) is 0.847. The van der Waals surface area contributed by atoms with Crippen LogP contribution in [-0.4, -0.2) is 29.2 Å². The van der Waals surface area contributed by atoms with Crippen LogP contribution in [0.25, 0.3) is 0 Å². The van der Waals surface area contributed by atoms with Crippen LogP contribution in [-0.2, 0) is 14.4 Å². The molecule has 1 N–H and O–H groups in total. The van der Waals surface area contributed by atoms with E-state index in [1.165, 1.54) is 17.0 Å². The molecule has 3 amide bonds. The SMILES string of the molecule is O=C(CCN1C(=O)[C@H]2CCCC[C@H]2C1=O)Nc1ccc(F)c(Cl)c1. The van der Waals surface area contributed by atoms with E-state index in [0.717, 1.165) is 31.7 Å². The Bertz CT molecular complexity index is 670. The summed E-state index contributed by atoms with van der Waals surface area (Å²) in [5.41, 5.74) is 0.374. The highest BCUT2D eigenvalue weighted by Crippen LogP contribution is 2.37. The molecule has 1 heterocycles. The minimum atomic E-state index is -0.564. The van der Waals surface area contributed by atoms with Crippen LogP contribution in [0.5, 0.6) is 0 Å². The maximum Gasteiger partial charge on any atom is 0.233 e. The topological polar surface area (TPSA) is 66.5 Å². The van der Waals surface area contributed by atoms with Gasteiger partial charge in [-0.05, 0) is 31.0 Å². The molecule has 7 heteroatoms. The number of benzene rings is 1. The monoisotopic (exact) mass is 352 g/mol. The number of fused-ring (bicyclic) bond motifs is 1. The third kappa shape index (κ3) is 3.29. The van der Waals surface area contributed by atoms with Crippen molar-refractivity contribution in [1.82, 2.24) is 4.90 Å². The second kappa shape index (κ2) is 6.89. The molecule has 2 atom stereocenters. The summed E-state index contributed by atoms with van der Waals surface area (Å²) in [6.45, 7) is 0.0748. The van der Waals surface area contributed by atoms with E-state index in [1.807, 2.05) is 0 Å². The van der Waals surface area contributed by atoms with Crippen LogP contribution >= 0.6 is 11.6 Å². The van der Waals surface area contributed by atoms with Gasteiger partial charge in [0.1, 0.15) is 5.82 Å². The predicted octanol–water partition coefficient (Wildman–Crippen LogP) is 2.98. The van der Waals surface area contributed by atoms with Gasteiger partial charge in [-0.15, -0.1) is 0 Å². The first kappa shape index (κ1) is 16.9. The standard InChI is InChI=1S/C17H18ClFN2O3/c18-13-9-10(5-6-14(13)19)20-15(22)7-8-21-16(23)11-3-1-2-4-12(11)17(21)24/h5-6,9,11-12H,1-4,7-8H2,(H,20,22)/t11-,12+. The molecule has 24 heavy (non-hydrogen) atoms. The molecule has 3 rings (SSSR count). The Morgan fingerprint density at radius 2 is 1.83 bits per heavy atom. The van der Waals surface area contributed by atoms with Crippen LogP contribution < -0.4 is 5.32 Å². The molecule has 0 radical (unpaired) electrons. The van der Waals surface area contributed by atoms with Gasteiger partial charge in [-0.1, -0.05) is 24.4 Å². The van der Waals surface area contributed by atoms with Crippen LogP contribution in [0, 0.1) is 17.7 Å². The molecule has 0 aromatic heterocycles. The van der Waals surface area contributed by atoms with Crippen molar-refractivity contribution in [2.24, 2.45) is 11.8 Å². The number of rotatable bonds is 4. The van der Waals surface area contributed by atoms with Gasteiger partial charge in [0.15, 0.2) is 0 Å². The van der Waals surface area contributed by atoms with Crippen molar-refractivity contribution in [2.45, 2.75) is 32.1 Å². The van der Waals surface area contributed by atoms with Gasteiger partial charge >= 0.3 is 0 Å². The van der Waals surface area contributed by atoms with Crippen molar-refractivity contribution >= 4 is 35.0 Å². The molecular formula is C17H18ClFN2O3. The molecule has 0 spiro atoms. The Balaban J connectivity index is 1.57. The van der Waals surface area contributed by atoms with Crippen molar-refractivity contribution in [3.05, 3.63) is 29.0 Å². The van der Waals surface area contributed by atoms with E-state index in [4.69, 9.17) is 11.6 Å². The molecule has 1 aromatic carbocycles. The molecule has 5 nitrogen and oxygen atoms in total. The van der Waals surface area contributed by atoms with Crippen LogP contribution in [0.1, 0.15) is 32.1 Å². The van der Waals surface area contributed by atoms with Crippen molar-refractivity contribution in [3.8, 4) is 0 Å². The van der Waals surface area contributed by atoms with Gasteiger partial charge in [-0.25, -0.2) is 4.39 Å². The van der Waals surface area contributed by atoms with Gasteiger partial charge < -0.3 is 5.32 Å². The van der Waals surface area contributed by atoms with Gasteiger partial charge in [0.25, 0.3) is 0 Å². The second-order valence-corrected chi connectivity index (χ2v) is 6.66. The zero-order valence-corrected chi connectivity index (χ0v) is 13.8. The van der Waals surface area contributed by atoms with E-state index in [2.05, 4.69) is 5.32 Å². The normalized spacial score (nSPS) is 23.3. The average Bonchev–Trinajstić information content (AvgIpc) is 2.81. The third-order valence-corrected chi connectivity index (χ3v) is 4.99. The number of halogens is 2. The zero-order chi connectivity index (χ0) is 17.3. The number of carbonyl (C=O) groups excluding carboxylic acids is 3. The van der Waals surface area contributed by atoms with Gasteiger partial charge in [0, 0.05) is 18.7 Å². The summed E-state index contributed by atoms with van der Waals surface area (Å²) < 4.78 is 13.1. The van der Waals surface area contributed by atoms with E-state index in [1.54, 1.807) is 0 Å². The third-order valence-electron chi connectivity index (χ3n) is 4.70.